The van der Waals surface area contributed by atoms with Crippen molar-refractivity contribution in [2.24, 2.45) is 5.92 Å². The molecule has 0 amide bonds. The fourth-order valence-corrected chi connectivity index (χ4v) is 1.82. The van der Waals surface area contributed by atoms with Crippen LogP contribution in [0.3, 0.4) is 0 Å². The van der Waals surface area contributed by atoms with Crippen LogP contribution >= 0.6 is 11.6 Å². The number of anilines is 1. The zero-order valence-electron chi connectivity index (χ0n) is 9.35. The van der Waals surface area contributed by atoms with Crippen LogP contribution in [0.2, 0.25) is 5.02 Å². The molecule has 0 aliphatic heterocycles. The molecule has 0 spiro atoms. The Balaban J connectivity index is 2.68. The van der Waals surface area contributed by atoms with Gasteiger partial charge in [-0.15, -0.1) is 0 Å². The van der Waals surface area contributed by atoms with Gasteiger partial charge in [0.1, 0.15) is 0 Å². The van der Waals surface area contributed by atoms with Crippen molar-refractivity contribution < 1.29 is 4.39 Å². The van der Waals surface area contributed by atoms with E-state index >= 15 is 0 Å². The molecule has 1 N–H and O–H groups in total. The zero-order valence-corrected chi connectivity index (χ0v) is 10.1. The molecule has 1 unspecified atom stereocenters. The maximum atomic E-state index is 13.5. The lowest BCUT2D eigenvalue weighted by Crippen LogP contribution is -2.18. The topological polar surface area (TPSA) is 12.0 Å². The first-order valence-corrected chi connectivity index (χ1v) is 5.59. The standard InChI is InChI=1S/C12H17ClFN/c1-8(2)7-9(3)15-11-6-4-5-10(13)12(11)14/h4-6,8-9,15H,7H2,1-3H3. The largest absolute Gasteiger partial charge is 0.380 e. The van der Waals surface area contributed by atoms with Gasteiger partial charge in [0, 0.05) is 6.04 Å². The van der Waals surface area contributed by atoms with Crippen LogP contribution in [0.1, 0.15) is 27.2 Å². The first-order chi connectivity index (χ1) is 7.00. The van der Waals surface area contributed by atoms with E-state index in [1.165, 1.54) is 0 Å². The quantitative estimate of drug-likeness (QED) is 0.811. The Labute approximate surface area is 95.6 Å². The van der Waals surface area contributed by atoms with Crippen LogP contribution in [-0.4, -0.2) is 6.04 Å². The van der Waals surface area contributed by atoms with Crippen molar-refractivity contribution in [3.8, 4) is 0 Å². The molecule has 0 aromatic heterocycles. The molecular weight excluding hydrogens is 213 g/mol. The van der Waals surface area contributed by atoms with Gasteiger partial charge < -0.3 is 5.32 Å². The number of nitrogens with one attached hydrogen (secondary N) is 1. The lowest BCUT2D eigenvalue weighted by molar-refractivity contribution is 0.536. The Kier molecular flexibility index (Phi) is 4.40. The third kappa shape index (κ3) is 3.71. The monoisotopic (exact) mass is 229 g/mol. The van der Waals surface area contributed by atoms with Crippen molar-refractivity contribution in [3.63, 3.8) is 0 Å². The molecule has 0 fully saturated rings. The fraction of sp³-hybridized carbons (Fsp3) is 0.500. The molecule has 1 rings (SSSR count). The summed E-state index contributed by atoms with van der Waals surface area (Å²) in [7, 11) is 0. The number of hydrogen-bond donors (Lipinski definition) is 1. The molecule has 0 bridgehead atoms. The summed E-state index contributed by atoms with van der Waals surface area (Å²) in [5.74, 6) is 0.226. The van der Waals surface area contributed by atoms with Gasteiger partial charge in [-0.1, -0.05) is 31.5 Å². The maximum absolute atomic E-state index is 13.5. The van der Waals surface area contributed by atoms with E-state index in [2.05, 4.69) is 19.2 Å². The van der Waals surface area contributed by atoms with E-state index in [4.69, 9.17) is 11.6 Å². The van der Waals surface area contributed by atoms with Gasteiger partial charge in [0.05, 0.1) is 10.7 Å². The Morgan fingerprint density at radius 3 is 2.60 bits per heavy atom. The van der Waals surface area contributed by atoms with Crippen LogP contribution in [-0.2, 0) is 0 Å². The summed E-state index contributed by atoms with van der Waals surface area (Å²) in [6.07, 6.45) is 1.01. The summed E-state index contributed by atoms with van der Waals surface area (Å²) in [5.41, 5.74) is 0.482. The van der Waals surface area contributed by atoms with Crippen molar-refractivity contribution >= 4 is 17.3 Å². The van der Waals surface area contributed by atoms with E-state index in [0.29, 0.717) is 11.6 Å². The summed E-state index contributed by atoms with van der Waals surface area (Å²) in [4.78, 5) is 0. The highest BCUT2D eigenvalue weighted by Crippen LogP contribution is 2.23. The van der Waals surface area contributed by atoms with Crippen molar-refractivity contribution in [1.29, 1.82) is 0 Å². The van der Waals surface area contributed by atoms with Gasteiger partial charge in [0.25, 0.3) is 0 Å². The molecule has 0 heterocycles. The highest BCUT2D eigenvalue weighted by Gasteiger charge is 2.09. The molecule has 0 radical (unpaired) electrons. The third-order valence-electron chi connectivity index (χ3n) is 2.18. The highest BCUT2D eigenvalue weighted by atomic mass is 35.5. The second kappa shape index (κ2) is 5.36. The van der Waals surface area contributed by atoms with Crippen molar-refractivity contribution in [1.82, 2.24) is 0 Å². The zero-order chi connectivity index (χ0) is 11.4. The van der Waals surface area contributed by atoms with E-state index in [1.807, 2.05) is 6.92 Å². The first-order valence-electron chi connectivity index (χ1n) is 5.21. The van der Waals surface area contributed by atoms with E-state index in [0.717, 1.165) is 6.42 Å². The van der Waals surface area contributed by atoms with Gasteiger partial charge >= 0.3 is 0 Å². The molecule has 84 valence electrons. The molecule has 1 aromatic carbocycles. The molecule has 0 aliphatic rings. The summed E-state index contributed by atoms with van der Waals surface area (Å²) >= 11 is 5.69. The average Bonchev–Trinajstić information content (AvgIpc) is 2.11. The Bertz CT molecular complexity index is 325. The second-order valence-electron chi connectivity index (χ2n) is 4.28. The molecule has 1 atom stereocenters. The lowest BCUT2D eigenvalue weighted by Gasteiger charge is -2.17. The minimum absolute atomic E-state index is 0.164. The molecule has 1 aromatic rings. The predicted molar refractivity (Wildman–Crippen MR) is 63.9 cm³/mol. The van der Waals surface area contributed by atoms with Gasteiger partial charge in [-0.3, -0.25) is 0 Å². The number of halogens is 2. The molecule has 15 heavy (non-hydrogen) atoms. The van der Waals surface area contributed by atoms with Crippen molar-refractivity contribution in [2.75, 3.05) is 5.32 Å². The van der Waals surface area contributed by atoms with Crippen LogP contribution in [0.5, 0.6) is 0 Å². The Morgan fingerprint density at radius 2 is 2.00 bits per heavy atom. The van der Waals surface area contributed by atoms with E-state index < -0.39 is 0 Å². The molecule has 0 aliphatic carbocycles. The molecule has 0 saturated heterocycles. The predicted octanol–water partition coefficient (Wildman–Crippen LogP) is 4.33. The highest BCUT2D eigenvalue weighted by molar-refractivity contribution is 6.31. The minimum atomic E-state index is -0.366. The fourth-order valence-electron chi connectivity index (χ4n) is 1.65. The van der Waals surface area contributed by atoms with Gasteiger partial charge in [-0.05, 0) is 31.4 Å². The SMILES string of the molecule is CC(C)CC(C)Nc1cccc(Cl)c1F. The normalized spacial score (nSPS) is 12.9. The molecule has 0 saturated carbocycles. The molecule has 3 heteroatoms. The van der Waals surface area contributed by atoms with Gasteiger partial charge in [0.15, 0.2) is 5.82 Å². The first kappa shape index (κ1) is 12.3. The smallest absolute Gasteiger partial charge is 0.164 e. The van der Waals surface area contributed by atoms with E-state index in [9.17, 15) is 4.39 Å². The second-order valence-corrected chi connectivity index (χ2v) is 4.68. The molecule has 1 nitrogen and oxygen atoms in total. The van der Waals surface area contributed by atoms with E-state index in [1.54, 1.807) is 18.2 Å². The summed E-state index contributed by atoms with van der Waals surface area (Å²) in [6, 6.07) is 5.25. The van der Waals surface area contributed by atoms with Crippen LogP contribution in [0.4, 0.5) is 10.1 Å². The number of benzene rings is 1. The van der Waals surface area contributed by atoms with Gasteiger partial charge in [0.2, 0.25) is 0 Å². The van der Waals surface area contributed by atoms with Crippen molar-refractivity contribution in [2.45, 2.75) is 33.2 Å². The average molecular weight is 230 g/mol. The van der Waals surface area contributed by atoms with Crippen molar-refractivity contribution in [3.05, 3.63) is 29.0 Å². The van der Waals surface area contributed by atoms with Crippen LogP contribution in [0, 0.1) is 11.7 Å². The molecular formula is C12H17ClFN. The third-order valence-corrected chi connectivity index (χ3v) is 2.47. The van der Waals surface area contributed by atoms with Crippen LogP contribution in [0.25, 0.3) is 0 Å². The van der Waals surface area contributed by atoms with Gasteiger partial charge in [-0.2, -0.15) is 0 Å². The number of rotatable bonds is 4. The lowest BCUT2D eigenvalue weighted by atomic mass is 10.1. The summed E-state index contributed by atoms with van der Waals surface area (Å²) in [6.45, 7) is 6.33. The minimum Gasteiger partial charge on any atom is -0.380 e. The van der Waals surface area contributed by atoms with Crippen LogP contribution < -0.4 is 5.32 Å². The van der Waals surface area contributed by atoms with E-state index in [-0.39, 0.29) is 16.9 Å². The summed E-state index contributed by atoms with van der Waals surface area (Å²) < 4.78 is 13.5. The Morgan fingerprint density at radius 1 is 1.33 bits per heavy atom. The van der Waals surface area contributed by atoms with Crippen LogP contribution in [0.15, 0.2) is 18.2 Å². The van der Waals surface area contributed by atoms with Gasteiger partial charge in [-0.25, -0.2) is 4.39 Å². The summed E-state index contributed by atoms with van der Waals surface area (Å²) in [5, 5.41) is 3.29. The Hall–Kier alpha value is -0.760. The number of hydrogen-bond acceptors (Lipinski definition) is 1. The maximum Gasteiger partial charge on any atom is 0.164 e.